The zero-order chi connectivity index (χ0) is 17.4. The third kappa shape index (κ3) is 5.83. The molecule has 0 atom stereocenters. The summed E-state index contributed by atoms with van der Waals surface area (Å²) in [5.74, 6) is -0.471. The Morgan fingerprint density at radius 1 is 1.12 bits per heavy atom. The Morgan fingerprint density at radius 3 is 2.42 bits per heavy atom. The maximum atomic E-state index is 13.0. The Hall–Kier alpha value is -2.69. The van der Waals surface area contributed by atoms with Crippen LogP contribution >= 0.6 is 0 Å². The quantitative estimate of drug-likeness (QED) is 0.671. The van der Waals surface area contributed by atoms with E-state index in [-0.39, 0.29) is 17.7 Å². The van der Waals surface area contributed by atoms with Crippen molar-refractivity contribution in [3.8, 4) is 0 Å². The van der Waals surface area contributed by atoms with Crippen LogP contribution in [0.1, 0.15) is 29.8 Å². The summed E-state index contributed by atoms with van der Waals surface area (Å²) in [7, 11) is 0. The lowest BCUT2D eigenvalue weighted by atomic mass is 10.2. The van der Waals surface area contributed by atoms with E-state index in [1.165, 1.54) is 24.3 Å². The van der Waals surface area contributed by atoms with Crippen LogP contribution in [-0.2, 0) is 11.3 Å². The second-order valence-electron chi connectivity index (χ2n) is 5.77. The Bertz CT molecular complexity index is 682. The summed E-state index contributed by atoms with van der Waals surface area (Å²) in [6.45, 7) is 4.86. The van der Waals surface area contributed by atoms with Gasteiger partial charge in [-0.3, -0.25) is 10.1 Å². The molecule has 5 heteroatoms. The van der Waals surface area contributed by atoms with Gasteiger partial charge in [0.05, 0.1) is 13.2 Å². The molecule has 0 aliphatic carbocycles. The third-order valence-corrected chi connectivity index (χ3v) is 3.13. The molecule has 2 rings (SSSR count). The average molecular weight is 328 g/mol. The maximum Gasteiger partial charge on any atom is 0.292 e. The fraction of sp³-hybridized carbons (Fsp3) is 0.263. The Kier molecular flexibility index (Phi) is 6.49. The molecule has 0 saturated heterocycles. The molecule has 0 aliphatic rings. The second-order valence-corrected chi connectivity index (χ2v) is 5.77. The van der Waals surface area contributed by atoms with Crippen LogP contribution in [0.2, 0.25) is 0 Å². The van der Waals surface area contributed by atoms with E-state index in [0.29, 0.717) is 24.6 Å². The van der Waals surface area contributed by atoms with Gasteiger partial charge in [-0.15, -0.1) is 0 Å². The van der Waals surface area contributed by atoms with E-state index in [9.17, 15) is 9.18 Å². The third-order valence-electron chi connectivity index (χ3n) is 3.13. The number of nitrogens with one attached hydrogen (secondary N) is 1. The van der Waals surface area contributed by atoms with Crippen LogP contribution in [0.5, 0.6) is 0 Å². The smallest absolute Gasteiger partial charge is 0.292 e. The Labute approximate surface area is 141 Å². The lowest BCUT2D eigenvalue weighted by Gasteiger charge is -2.12. The topological polar surface area (TPSA) is 50.7 Å². The molecule has 2 aromatic carbocycles. The van der Waals surface area contributed by atoms with Crippen LogP contribution in [0.4, 0.5) is 4.39 Å². The number of carbonyl (C=O) groups is 1. The first-order chi connectivity index (χ1) is 11.5. The minimum absolute atomic E-state index is 0.168. The standard InChI is InChI=1S/C19H21FN2O2/c1-14(2)13-24-19(21-12-15-6-4-3-5-7-15)22-18(23)16-8-10-17(20)11-9-16/h3-11,14H,12-13H2,1-2H3,(H,21,22,23). The molecule has 126 valence electrons. The molecule has 24 heavy (non-hydrogen) atoms. The molecule has 0 saturated carbocycles. The number of halogens is 1. The Morgan fingerprint density at radius 2 is 1.79 bits per heavy atom. The number of ether oxygens (including phenoxy) is 1. The van der Waals surface area contributed by atoms with Gasteiger partial charge in [-0.05, 0) is 35.7 Å². The summed E-state index contributed by atoms with van der Waals surface area (Å²) in [5.41, 5.74) is 1.36. The second kappa shape index (κ2) is 8.82. The lowest BCUT2D eigenvalue weighted by molar-refractivity contribution is 0.0963. The fourth-order valence-corrected chi connectivity index (χ4v) is 1.88. The number of carbonyl (C=O) groups excluding carboxylic acids is 1. The molecular weight excluding hydrogens is 307 g/mol. The van der Waals surface area contributed by atoms with Gasteiger partial charge in [0.25, 0.3) is 11.9 Å². The molecule has 4 nitrogen and oxygen atoms in total. The van der Waals surface area contributed by atoms with E-state index in [1.54, 1.807) is 0 Å². The van der Waals surface area contributed by atoms with Crippen molar-refractivity contribution < 1.29 is 13.9 Å². The number of amides is 1. The van der Waals surface area contributed by atoms with Crippen molar-refractivity contribution in [2.75, 3.05) is 6.61 Å². The first kappa shape index (κ1) is 17.7. The molecule has 0 aromatic heterocycles. The van der Waals surface area contributed by atoms with E-state index in [1.807, 2.05) is 44.2 Å². The zero-order valence-corrected chi connectivity index (χ0v) is 13.8. The van der Waals surface area contributed by atoms with Crippen molar-refractivity contribution in [2.24, 2.45) is 10.9 Å². The van der Waals surface area contributed by atoms with Crippen molar-refractivity contribution >= 4 is 11.9 Å². The Balaban J connectivity index is 2.07. The molecule has 0 heterocycles. The minimum atomic E-state index is -0.388. The number of nitrogens with zero attached hydrogens (tertiary/aromatic N) is 1. The van der Waals surface area contributed by atoms with Gasteiger partial charge in [0, 0.05) is 5.56 Å². The molecule has 0 unspecified atom stereocenters. The summed E-state index contributed by atoms with van der Waals surface area (Å²) in [6, 6.07) is 15.2. The van der Waals surface area contributed by atoms with E-state index in [2.05, 4.69) is 10.3 Å². The number of benzene rings is 2. The molecule has 1 amide bonds. The summed E-state index contributed by atoms with van der Waals surface area (Å²) in [5, 5.41) is 2.64. The number of hydrogen-bond acceptors (Lipinski definition) is 3. The normalized spacial score (nSPS) is 11.4. The van der Waals surface area contributed by atoms with E-state index >= 15 is 0 Å². The lowest BCUT2D eigenvalue weighted by Crippen LogP contribution is -2.33. The first-order valence-electron chi connectivity index (χ1n) is 7.82. The molecule has 1 N–H and O–H groups in total. The van der Waals surface area contributed by atoms with Crippen LogP contribution < -0.4 is 5.32 Å². The average Bonchev–Trinajstić information content (AvgIpc) is 2.58. The van der Waals surface area contributed by atoms with E-state index < -0.39 is 0 Å². The maximum absolute atomic E-state index is 13.0. The predicted molar refractivity (Wildman–Crippen MR) is 92.2 cm³/mol. The van der Waals surface area contributed by atoms with Crippen LogP contribution in [0.25, 0.3) is 0 Å². The highest BCUT2D eigenvalue weighted by Crippen LogP contribution is 2.04. The highest BCUT2D eigenvalue weighted by atomic mass is 19.1. The number of amidine groups is 1. The van der Waals surface area contributed by atoms with Crippen molar-refractivity contribution in [3.63, 3.8) is 0 Å². The number of hydrogen-bond donors (Lipinski definition) is 1. The highest BCUT2D eigenvalue weighted by Gasteiger charge is 2.11. The molecule has 0 radical (unpaired) electrons. The molecule has 0 spiro atoms. The van der Waals surface area contributed by atoms with Crippen LogP contribution in [0.3, 0.4) is 0 Å². The minimum Gasteiger partial charge on any atom is -0.465 e. The molecule has 2 aromatic rings. The van der Waals surface area contributed by atoms with Crippen molar-refractivity contribution in [3.05, 3.63) is 71.5 Å². The summed E-state index contributed by atoms with van der Waals surface area (Å²) in [6.07, 6.45) is 0. The summed E-state index contributed by atoms with van der Waals surface area (Å²) in [4.78, 5) is 16.6. The fourth-order valence-electron chi connectivity index (χ4n) is 1.88. The van der Waals surface area contributed by atoms with Gasteiger partial charge in [-0.1, -0.05) is 44.2 Å². The molecule has 0 aliphatic heterocycles. The van der Waals surface area contributed by atoms with Crippen molar-refractivity contribution in [2.45, 2.75) is 20.4 Å². The molecule has 0 bridgehead atoms. The largest absolute Gasteiger partial charge is 0.465 e. The van der Waals surface area contributed by atoms with Gasteiger partial charge in [0.15, 0.2) is 0 Å². The van der Waals surface area contributed by atoms with Gasteiger partial charge in [-0.2, -0.15) is 0 Å². The first-order valence-corrected chi connectivity index (χ1v) is 7.82. The van der Waals surface area contributed by atoms with Gasteiger partial charge >= 0.3 is 0 Å². The molecule has 0 fully saturated rings. The molecular formula is C19H21FN2O2. The van der Waals surface area contributed by atoms with Crippen molar-refractivity contribution in [1.29, 1.82) is 0 Å². The highest BCUT2D eigenvalue weighted by molar-refractivity contribution is 6.04. The van der Waals surface area contributed by atoms with Crippen LogP contribution in [-0.4, -0.2) is 18.5 Å². The van der Waals surface area contributed by atoms with Gasteiger partial charge in [0.1, 0.15) is 5.82 Å². The van der Waals surface area contributed by atoms with Crippen LogP contribution in [0.15, 0.2) is 59.6 Å². The van der Waals surface area contributed by atoms with Gasteiger partial charge < -0.3 is 4.74 Å². The van der Waals surface area contributed by atoms with Gasteiger partial charge in [0.2, 0.25) is 0 Å². The zero-order valence-electron chi connectivity index (χ0n) is 13.8. The van der Waals surface area contributed by atoms with E-state index in [0.717, 1.165) is 5.56 Å². The SMILES string of the molecule is CC(C)COC(=NCc1ccccc1)NC(=O)c1ccc(F)cc1. The number of aliphatic imine (C=N–C) groups is 1. The predicted octanol–water partition coefficient (Wildman–Crippen LogP) is 3.78. The van der Waals surface area contributed by atoms with E-state index in [4.69, 9.17) is 4.74 Å². The summed E-state index contributed by atoms with van der Waals surface area (Å²) < 4.78 is 18.5. The van der Waals surface area contributed by atoms with Crippen LogP contribution in [0, 0.1) is 11.7 Å². The van der Waals surface area contributed by atoms with Crippen molar-refractivity contribution in [1.82, 2.24) is 5.32 Å². The monoisotopic (exact) mass is 328 g/mol. The van der Waals surface area contributed by atoms with Gasteiger partial charge in [-0.25, -0.2) is 9.38 Å². The number of rotatable bonds is 5. The summed E-state index contributed by atoms with van der Waals surface area (Å²) >= 11 is 0.